The van der Waals surface area contributed by atoms with E-state index in [-0.39, 0.29) is 6.42 Å². The van der Waals surface area contributed by atoms with Gasteiger partial charge in [0.1, 0.15) is 0 Å². The van der Waals surface area contributed by atoms with E-state index in [2.05, 4.69) is 0 Å². The van der Waals surface area contributed by atoms with E-state index in [1.54, 1.807) is 13.8 Å². The number of hydrogen-bond donors (Lipinski definition) is 0. The molecule has 0 heterocycles. The smallest absolute Gasteiger partial charge is 0.416 e. The fourth-order valence-electron chi connectivity index (χ4n) is 2.16. The fourth-order valence-corrected chi connectivity index (χ4v) is 2.16. The summed E-state index contributed by atoms with van der Waals surface area (Å²) in [7, 11) is 1.23. The molecule has 0 N–H and O–H groups in total. The van der Waals surface area contributed by atoms with Gasteiger partial charge >= 0.3 is 12.1 Å². The van der Waals surface area contributed by atoms with Crippen LogP contribution in [0, 0.1) is 0 Å². The third-order valence-corrected chi connectivity index (χ3v) is 3.26. The summed E-state index contributed by atoms with van der Waals surface area (Å²) >= 11 is 0. The van der Waals surface area contributed by atoms with Crippen molar-refractivity contribution in [2.45, 2.75) is 38.7 Å². The molecule has 4 nitrogen and oxygen atoms in total. The van der Waals surface area contributed by atoms with Gasteiger partial charge < -0.3 is 14.2 Å². The monoisotopic (exact) mass is 334 g/mol. The second-order valence-electron chi connectivity index (χ2n) is 4.77. The van der Waals surface area contributed by atoms with E-state index >= 15 is 0 Å². The van der Waals surface area contributed by atoms with Crippen molar-refractivity contribution in [3.63, 3.8) is 0 Å². The number of halogens is 3. The average molecular weight is 334 g/mol. The van der Waals surface area contributed by atoms with E-state index in [9.17, 15) is 18.0 Å². The van der Waals surface area contributed by atoms with Crippen LogP contribution in [0.15, 0.2) is 24.3 Å². The van der Waals surface area contributed by atoms with E-state index < -0.39 is 29.9 Å². The van der Waals surface area contributed by atoms with Crippen molar-refractivity contribution in [2.24, 2.45) is 0 Å². The Labute approximate surface area is 133 Å². The summed E-state index contributed by atoms with van der Waals surface area (Å²) in [6.45, 7) is 4.37. The minimum atomic E-state index is -4.42. The number of methoxy groups -OCH3 is 1. The first-order valence-electron chi connectivity index (χ1n) is 7.31. The van der Waals surface area contributed by atoms with E-state index in [0.717, 1.165) is 12.1 Å². The molecule has 0 fully saturated rings. The number of rotatable bonds is 8. The van der Waals surface area contributed by atoms with Gasteiger partial charge in [-0.15, -0.1) is 0 Å². The molecule has 0 saturated carbocycles. The molecule has 23 heavy (non-hydrogen) atoms. The predicted molar refractivity (Wildman–Crippen MR) is 77.9 cm³/mol. The molecule has 1 aromatic rings. The summed E-state index contributed by atoms with van der Waals surface area (Å²) in [6, 6.07) is 4.45. The zero-order chi connectivity index (χ0) is 17.5. The molecule has 0 radical (unpaired) electrons. The third-order valence-electron chi connectivity index (χ3n) is 3.26. The lowest BCUT2D eigenvalue weighted by atomic mass is 9.94. The fraction of sp³-hybridized carbons (Fsp3) is 0.562. The van der Waals surface area contributed by atoms with Crippen LogP contribution in [0.4, 0.5) is 13.2 Å². The number of hydrogen-bond acceptors (Lipinski definition) is 4. The highest BCUT2D eigenvalue weighted by atomic mass is 19.4. The maximum atomic E-state index is 12.6. The third kappa shape index (κ3) is 5.84. The highest BCUT2D eigenvalue weighted by Crippen LogP contribution is 2.31. The molecule has 0 spiro atoms. The summed E-state index contributed by atoms with van der Waals surface area (Å²) in [5, 5.41) is 0. The van der Waals surface area contributed by atoms with E-state index in [1.165, 1.54) is 19.2 Å². The van der Waals surface area contributed by atoms with Gasteiger partial charge in [0, 0.05) is 19.6 Å². The van der Waals surface area contributed by atoms with Crippen LogP contribution in [-0.2, 0) is 25.2 Å². The molecular weight excluding hydrogens is 313 g/mol. The van der Waals surface area contributed by atoms with Gasteiger partial charge in [-0.25, -0.2) is 0 Å². The molecule has 0 bridgehead atoms. The van der Waals surface area contributed by atoms with Crippen molar-refractivity contribution in [2.75, 3.05) is 20.3 Å². The normalized spacial score (nSPS) is 13.2. The van der Waals surface area contributed by atoms with Crippen LogP contribution < -0.4 is 0 Å². The first-order valence-corrected chi connectivity index (χ1v) is 7.31. The van der Waals surface area contributed by atoms with Gasteiger partial charge in [-0.3, -0.25) is 4.79 Å². The predicted octanol–water partition coefficient (Wildman–Crippen LogP) is 3.75. The number of benzene rings is 1. The molecule has 1 rings (SSSR count). The standard InChI is InChI=1S/C16H21F3O4/c1-4-22-14(23-5-2)10-13(15(20)21-3)11-6-8-12(9-7-11)16(17,18)19/h6-9,13-14H,4-5,10H2,1-3H3. The maximum Gasteiger partial charge on any atom is 0.416 e. The van der Waals surface area contributed by atoms with Crippen LogP contribution in [0.25, 0.3) is 0 Å². The van der Waals surface area contributed by atoms with Gasteiger partial charge in [-0.2, -0.15) is 13.2 Å². The summed E-state index contributed by atoms with van der Waals surface area (Å²) in [4.78, 5) is 12.0. The van der Waals surface area contributed by atoms with Crippen LogP contribution >= 0.6 is 0 Å². The van der Waals surface area contributed by atoms with Crippen LogP contribution in [0.3, 0.4) is 0 Å². The van der Waals surface area contributed by atoms with Gasteiger partial charge in [0.05, 0.1) is 18.6 Å². The molecule has 0 aromatic heterocycles. The number of carbonyl (C=O) groups is 1. The highest BCUT2D eigenvalue weighted by molar-refractivity contribution is 5.78. The van der Waals surface area contributed by atoms with Crippen LogP contribution in [0.2, 0.25) is 0 Å². The molecule has 7 heteroatoms. The first kappa shape index (κ1) is 19.4. The Bertz CT molecular complexity index is 479. The zero-order valence-electron chi connectivity index (χ0n) is 13.4. The topological polar surface area (TPSA) is 44.8 Å². The molecule has 130 valence electrons. The quantitative estimate of drug-likeness (QED) is 0.536. The summed E-state index contributed by atoms with van der Waals surface area (Å²) in [5.41, 5.74) is -0.342. The minimum absolute atomic E-state index is 0.166. The van der Waals surface area contributed by atoms with E-state index in [1.807, 2.05) is 0 Å². The Kier molecular flexibility index (Phi) is 7.51. The van der Waals surface area contributed by atoms with Crippen LogP contribution in [0.1, 0.15) is 37.3 Å². The van der Waals surface area contributed by atoms with Gasteiger partial charge in [0.25, 0.3) is 0 Å². The Morgan fingerprint density at radius 3 is 2.00 bits per heavy atom. The highest BCUT2D eigenvalue weighted by Gasteiger charge is 2.31. The lowest BCUT2D eigenvalue weighted by Gasteiger charge is -2.22. The number of ether oxygens (including phenoxy) is 3. The molecule has 1 unspecified atom stereocenters. The van der Waals surface area contributed by atoms with Gasteiger partial charge in [0.15, 0.2) is 6.29 Å². The molecule has 0 aliphatic carbocycles. The Morgan fingerprint density at radius 1 is 1.09 bits per heavy atom. The van der Waals surface area contributed by atoms with E-state index in [0.29, 0.717) is 18.8 Å². The zero-order valence-corrected chi connectivity index (χ0v) is 13.4. The lowest BCUT2D eigenvalue weighted by molar-refractivity contribution is -0.157. The van der Waals surface area contributed by atoms with Crippen LogP contribution in [0.5, 0.6) is 0 Å². The maximum absolute atomic E-state index is 12.6. The second kappa shape index (κ2) is 8.88. The van der Waals surface area contributed by atoms with Crippen molar-refractivity contribution in [3.8, 4) is 0 Å². The SMILES string of the molecule is CCOC(CC(C(=O)OC)c1ccc(C(F)(F)F)cc1)OCC. The van der Waals surface area contributed by atoms with Crippen molar-refractivity contribution in [1.82, 2.24) is 0 Å². The largest absolute Gasteiger partial charge is 0.469 e. The molecule has 0 saturated heterocycles. The summed E-state index contributed by atoms with van der Waals surface area (Å²) in [5.74, 6) is -1.31. The Balaban J connectivity index is 2.99. The summed E-state index contributed by atoms with van der Waals surface area (Å²) < 4.78 is 53.4. The summed E-state index contributed by atoms with van der Waals surface area (Å²) in [6.07, 6.45) is -4.88. The minimum Gasteiger partial charge on any atom is -0.469 e. The van der Waals surface area contributed by atoms with Crippen LogP contribution in [-0.4, -0.2) is 32.6 Å². The van der Waals surface area contributed by atoms with Crippen molar-refractivity contribution >= 4 is 5.97 Å². The number of carbonyl (C=O) groups excluding carboxylic acids is 1. The molecule has 1 aromatic carbocycles. The molecule has 0 amide bonds. The Hall–Kier alpha value is -1.60. The van der Waals surface area contributed by atoms with Crippen molar-refractivity contribution < 1.29 is 32.2 Å². The van der Waals surface area contributed by atoms with Crippen molar-refractivity contribution in [1.29, 1.82) is 0 Å². The molecule has 1 atom stereocenters. The lowest BCUT2D eigenvalue weighted by Crippen LogP contribution is -2.25. The molecule has 0 aliphatic rings. The average Bonchev–Trinajstić information content (AvgIpc) is 2.51. The van der Waals surface area contributed by atoms with Gasteiger partial charge in [0.2, 0.25) is 0 Å². The number of esters is 1. The first-order chi connectivity index (χ1) is 10.8. The second-order valence-corrected chi connectivity index (χ2v) is 4.77. The number of alkyl halides is 3. The Morgan fingerprint density at radius 2 is 1.61 bits per heavy atom. The van der Waals surface area contributed by atoms with Crippen molar-refractivity contribution in [3.05, 3.63) is 35.4 Å². The van der Waals surface area contributed by atoms with E-state index in [4.69, 9.17) is 14.2 Å². The molecular formula is C16H21F3O4. The van der Waals surface area contributed by atoms with Gasteiger partial charge in [-0.05, 0) is 31.5 Å². The molecule has 0 aliphatic heterocycles. The van der Waals surface area contributed by atoms with Gasteiger partial charge in [-0.1, -0.05) is 12.1 Å².